The number of fused-ring (bicyclic) bond motifs is 1. The summed E-state index contributed by atoms with van der Waals surface area (Å²) in [5.41, 5.74) is 3.09. The van der Waals surface area contributed by atoms with Crippen molar-refractivity contribution in [2.75, 3.05) is 34.9 Å². The topological polar surface area (TPSA) is 261 Å². The number of aromatic nitrogens is 6. The summed E-state index contributed by atoms with van der Waals surface area (Å²) in [6.45, 7) is 9.31. The summed E-state index contributed by atoms with van der Waals surface area (Å²) >= 11 is 0. The maximum absolute atomic E-state index is 11.3. The van der Waals surface area contributed by atoms with Gasteiger partial charge in [0.2, 0.25) is 17.8 Å². The summed E-state index contributed by atoms with van der Waals surface area (Å²) in [5.74, 6) is -0.172. The monoisotopic (exact) mass is 708 g/mol. The van der Waals surface area contributed by atoms with Crippen LogP contribution in [0.1, 0.15) is 12.1 Å². The number of aliphatic hydroxyl groups excluding tert-OH is 1. The van der Waals surface area contributed by atoms with Crippen LogP contribution in [0.3, 0.4) is 0 Å². The molecule has 19 nitrogen and oxygen atoms in total. The number of nitrogens with one attached hydrogen (secondary N) is 3. The molecule has 0 unspecified atom stereocenters. The molecular weight excluding hydrogens is 681 g/mol. The zero-order valence-electron chi connectivity index (χ0n) is 25.9. The fraction of sp³-hybridized carbons (Fsp3) is 0.250. The van der Waals surface area contributed by atoms with Crippen molar-refractivity contribution in [3.63, 3.8) is 0 Å². The molecule has 0 bridgehead atoms. The minimum atomic E-state index is -4.62. The van der Waals surface area contributed by atoms with E-state index in [1.54, 1.807) is 12.1 Å². The number of aliphatic hydroxyl groups is 1. The van der Waals surface area contributed by atoms with E-state index in [1.165, 1.54) is 23.0 Å². The Morgan fingerprint density at radius 3 is 2.24 bits per heavy atom. The third-order valence-corrected chi connectivity index (χ3v) is 8.71. The minimum Gasteiger partial charge on any atom is -0.748 e. The summed E-state index contributed by atoms with van der Waals surface area (Å²) in [6.07, 6.45) is 1.28. The number of aryl methyl sites for hydroxylation is 2. The maximum atomic E-state index is 11.3. The highest BCUT2D eigenvalue weighted by Gasteiger charge is 2.16. The number of anilines is 5. The first-order valence-corrected chi connectivity index (χ1v) is 17.3. The molecule has 2 aromatic carbocycles. The van der Waals surface area contributed by atoms with Crippen molar-refractivity contribution >= 4 is 77.6 Å². The molecule has 0 atom stereocenters. The predicted octanol–water partition coefficient (Wildman–Crippen LogP) is 3.57. The van der Waals surface area contributed by atoms with E-state index in [9.17, 15) is 31.0 Å². The fourth-order valence-corrected chi connectivity index (χ4v) is 5.61. The molecule has 3 aromatic heterocycles. The Hall–Kier alpha value is -5.53. The van der Waals surface area contributed by atoms with Gasteiger partial charge in [-0.2, -0.15) is 20.1 Å². The van der Waals surface area contributed by atoms with E-state index in [1.807, 2.05) is 24.6 Å². The number of nitrogens with zero attached hydrogens (tertiary/aromatic N) is 9. The van der Waals surface area contributed by atoms with Gasteiger partial charge in [0.15, 0.2) is 5.82 Å². The molecule has 0 aliphatic heterocycles. The van der Waals surface area contributed by atoms with Gasteiger partial charge in [0.1, 0.15) is 15.8 Å². The number of rotatable bonds is 14. The van der Waals surface area contributed by atoms with E-state index in [0.717, 1.165) is 23.3 Å². The molecular formula is C28H28N12O7S2-2. The van der Waals surface area contributed by atoms with Crippen molar-refractivity contribution in [3.8, 4) is 0 Å². The lowest BCUT2D eigenvalue weighted by Crippen LogP contribution is -2.12. The fourth-order valence-electron chi connectivity index (χ4n) is 4.66. The zero-order valence-corrected chi connectivity index (χ0v) is 27.5. The van der Waals surface area contributed by atoms with Crippen molar-refractivity contribution in [1.29, 1.82) is 0 Å². The summed E-state index contributed by atoms with van der Waals surface area (Å²) in [5, 5.41) is 31.7. The van der Waals surface area contributed by atoms with E-state index in [4.69, 9.17) is 6.57 Å². The Morgan fingerprint density at radius 1 is 0.959 bits per heavy atom. The van der Waals surface area contributed by atoms with Gasteiger partial charge in [-0.05, 0) is 55.8 Å². The predicted molar refractivity (Wildman–Crippen MR) is 176 cm³/mol. The molecule has 0 fully saturated rings. The van der Waals surface area contributed by atoms with Crippen molar-refractivity contribution in [2.45, 2.75) is 24.8 Å². The van der Waals surface area contributed by atoms with Gasteiger partial charge in [0, 0.05) is 48.3 Å². The molecule has 0 aliphatic carbocycles. The second-order valence-electron chi connectivity index (χ2n) is 10.4. The van der Waals surface area contributed by atoms with Crippen molar-refractivity contribution in [3.05, 3.63) is 65.8 Å². The second-order valence-corrected chi connectivity index (χ2v) is 13.3. The summed E-state index contributed by atoms with van der Waals surface area (Å²) in [7, 11) is -7.18. The Kier molecular flexibility index (Phi) is 10.2. The van der Waals surface area contributed by atoms with Gasteiger partial charge in [-0.1, -0.05) is 0 Å². The minimum absolute atomic E-state index is 0.0145. The molecule has 3 heterocycles. The summed E-state index contributed by atoms with van der Waals surface area (Å²) in [4.78, 5) is 16.1. The number of azo groups is 1. The largest absolute Gasteiger partial charge is 0.748 e. The maximum Gasteiger partial charge on any atom is 0.251 e. The van der Waals surface area contributed by atoms with Crippen LogP contribution < -0.4 is 16.0 Å². The Bertz CT molecular complexity index is 2300. The second kappa shape index (κ2) is 14.3. The molecule has 0 amide bonds. The number of hydrogen-bond acceptors (Lipinski definition) is 16. The van der Waals surface area contributed by atoms with Crippen molar-refractivity contribution < 1.29 is 31.0 Å². The molecule has 21 heteroatoms. The van der Waals surface area contributed by atoms with E-state index < -0.39 is 30.9 Å². The molecule has 256 valence electrons. The van der Waals surface area contributed by atoms with Crippen LogP contribution in [0.15, 0.2) is 63.8 Å². The molecule has 0 saturated carbocycles. The third kappa shape index (κ3) is 8.50. The lowest BCUT2D eigenvalue weighted by Gasteiger charge is -2.12. The van der Waals surface area contributed by atoms with Crippen LogP contribution >= 0.6 is 0 Å². The van der Waals surface area contributed by atoms with Gasteiger partial charge in [-0.15, -0.1) is 10.2 Å². The van der Waals surface area contributed by atoms with E-state index in [0.29, 0.717) is 22.4 Å². The third-order valence-electron chi connectivity index (χ3n) is 7.07. The number of benzene rings is 2. The van der Waals surface area contributed by atoms with Gasteiger partial charge in [0.05, 0.1) is 39.9 Å². The van der Waals surface area contributed by atoms with Crippen LogP contribution in [-0.4, -0.2) is 79.3 Å². The van der Waals surface area contributed by atoms with Crippen LogP contribution in [0.2, 0.25) is 0 Å². The molecule has 0 aliphatic rings. The highest BCUT2D eigenvalue weighted by Crippen LogP contribution is 2.37. The van der Waals surface area contributed by atoms with Crippen LogP contribution in [0.25, 0.3) is 15.7 Å². The van der Waals surface area contributed by atoms with Crippen LogP contribution in [-0.2, 0) is 33.8 Å². The van der Waals surface area contributed by atoms with Crippen LogP contribution in [0.4, 0.5) is 46.4 Å². The Morgan fingerprint density at radius 2 is 1.61 bits per heavy atom. The van der Waals surface area contributed by atoms with Crippen LogP contribution in [0.5, 0.6) is 0 Å². The lowest BCUT2D eigenvalue weighted by molar-refractivity contribution is 0.311. The molecule has 0 radical (unpaired) electrons. The molecule has 4 N–H and O–H groups in total. The first kappa shape index (κ1) is 34.8. The molecule has 0 spiro atoms. The van der Waals surface area contributed by atoms with E-state index >= 15 is 0 Å². The van der Waals surface area contributed by atoms with Gasteiger partial charge < -0.3 is 34.7 Å². The van der Waals surface area contributed by atoms with Gasteiger partial charge in [-0.25, -0.2) is 21.7 Å². The van der Waals surface area contributed by atoms with Crippen LogP contribution in [0, 0.1) is 13.5 Å². The SMILES string of the molecule is [C-]#[N+]c1cnn(CCCS(=O)(=O)[O-])c1N=Nc1c(C)n(C)c2ccc(Nc3nc(NCCO)nc(Nc4ccc(S(=O)(=O)[O-])cc4)n3)cc12. The average molecular weight is 709 g/mol. The van der Waals surface area contributed by atoms with Crippen molar-refractivity contribution in [1.82, 2.24) is 29.3 Å². The van der Waals surface area contributed by atoms with Gasteiger partial charge >= 0.3 is 0 Å². The standard InChI is InChI=1S/C28H30N12O7S2/c1-17-24(37-38-25-22(29-2)16-31-40(25)12-4-14-48(42,43)44)21-15-19(7-10-23(21)39(17)3)33-28-35-26(30-11-13-41)34-27(36-28)32-18-5-8-20(9-6-18)49(45,46)47/h5-10,15-16,41H,4,11-14H2,1,3H3,(H,42,43,44)(H,45,46,47)(H3,30,32,33,34,35,36)/p-2. The molecule has 5 aromatic rings. The first-order chi connectivity index (χ1) is 23.3. The highest BCUT2D eigenvalue weighted by atomic mass is 32.2. The highest BCUT2D eigenvalue weighted by molar-refractivity contribution is 7.86. The smallest absolute Gasteiger partial charge is 0.251 e. The quantitative estimate of drug-likeness (QED) is 0.0730. The van der Waals surface area contributed by atoms with E-state index in [-0.39, 0.29) is 55.5 Å². The first-order valence-electron chi connectivity index (χ1n) is 14.3. The molecule has 49 heavy (non-hydrogen) atoms. The molecule has 0 saturated heterocycles. The Balaban J connectivity index is 1.45. The van der Waals surface area contributed by atoms with Gasteiger partial charge in [-0.3, -0.25) is 4.68 Å². The normalized spacial score (nSPS) is 12.0. The van der Waals surface area contributed by atoms with E-state index in [2.05, 4.69) is 51.1 Å². The van der Waals surface area contributed by atoms with Crippen molar-refractivity contribution in [2.24, 2.45) is 17.3 Å². The molecule has 5 rings (SSSR count). The Labute approximate surface area is 280 Å². The van der Waals surface area contributed by atoms with Gasteiger partial charge in [0.25, 0.3) is 5.69 Å². The summed E-state index contributed by atoms with van der Waals surface area (Å²) in [6, 6.07) is 10.5. The lowest BCUT2D eigenvalue weighted by atomic mass is 10.2. The zero-order chi connectivity index (χ0) is 35.3. The summed E-state index contributed by atoms with van der Waals surface area (Å²) < 4.78 is 70.2. The number of hydrogen-bond donors (Lipinski definition) is 4. The average Bonchev–Trinajstić information content (AvgIpc) is 3.54.